The zero-order valence-corrected chi connectivity index (χ0v) is 14.6. The summed E-state index contributed by atoms with van der Waals surface area (Å²) in [5.41, 5.74) is 2.50. The lowest BCUT2D eigenvalue weighted by Crippen LogP contribution is -2.39. The maximum Gasteiger partial charge on any atom is 0.313 e. The molecule has 0 spiro atoms. The van der Waals surface area contributed by atoms with E-state index in [9.17, 15) is 9.59 Å². The largest absolute Gasteiger partial charge is 0.380 e. The predicted molar refractivity (Wildman–Crippen MR) is 94.9 cm³/mol. The summed E-state index contributed by atoms with van der Waals surface area (Å²) in [5, 5.41) is 2.74. The summed E-state index contributed by atoms with van der Waals surface area (Å²) >= 11 is 0. The molecule has 3 rings (SSSR count). The van der Waals surface area contributed by atoms with Crippen LogP contribution in [0.4, 0.5) is 5.69 Å². The molecule has 6 heteroatoms. The number of hydrogen-bond acceptors (Lipinski definition) is 3. The quantitative estimate of drug-likeness (QED) is 0.869. The lowest BCUT2D eigenvalue weighted by molar-refractivity contribution is -0.143. The predicted octanol–water partition coefficient (Wildman–Crippen LogP) is 2.47. The van der Waals surface area contributed by atoms with Crippen LogP contribution < -0.4 is 5.32 Å². The number of nitrogens with one attached hydrogen (secondary N) is 1. The fourth-order valence-corrected chi connectivity index (χ4v) is 3.37. The molecule has 25 heavy (non-hydrogen) atoms. The monoisotopic (exact) mass is 341 g/mol. The fraction of sp³-hybridized carbons (Fsp3) is 0.368. The van der Waals surface area contributed by atoms with Gasteiger partial charge in [0.25, 0.3) is 0 Å². The Hall–Kier alpha value is -2.60. The first kappa shape index (κ1) is 17.2. The molecule has 0 aliphatic carbocycles. The molecular formula is C19H23N3O3. The molecule has 2 aromatic rings. The minimum atomic E-state index is -0.607. The fourth-order valence-electron chi connectivity index (χ4n) is 3.37. The molecule has 1 aromatic heterocycles. The molecule has 0 bridgehead atoms. The summed E-state index contributed by atoms with van der Waals surface area (Å²) in [7, 11) is 3.55. The molecule has 0 unspecified atom stereocenters. The number of para-hydroxylation sites is 1. The van der Waals surface area contributed by atoms with Crippen LogP contribution in [0.1, 0.15) is 30.1 Å². The van der Waals surface area contributed by atoms with Crippen molar-refractivity contribution in [3.63, 3.8) is 0 Å². The maximum absolute atomic E-state index is 12.7. The average Bonchev–Trinajstić information content (AvgIpc) is 3.24. The SMILES string of the molecule is COCc1ccccc1NC(=O)C(=O)N1CCC[C@H]1c1cccn1C. The molecule has 6 nitrogen and oxygen atoms in total. The molecule has 1 N–H and O–H groups in total. The average molecular weight is 341 g/mol. The zero-order chi connectivity index (χ0) is 17.8. The maximum atomic E-state index is 12.7. The zero-order valence-electron chi connectivity index (χ0n) is 14.6. The van der Waals surface area contributed by atoms with Gasteiger partial charge in [0, 0.05) is 43.8 Å². The minimum Gasteiger partial charge on any atom is -0.380 e. The molecule has 0 radical (unpaired) electrons. The minimum absolute atomic E-state index is 0.0486. The Labute approximate surface area is 147 Å². The number of nitrogens with zero attached hydrogens (tertiary/aromatic N) is 2. The number of methoxy groups -OCH3 is 1. The van der Waals surface area contributed by atoms with Crippen LogP contribution in [0.3, 0.4) is 0 Å². The van der Waals surface area contributed by atoms with Gasteiger partial charge < -0.3 is 19.5 Å². The summed E-state index contributed by atoms with van der Waals surface area (Å²) in [6, 6.07) is 11.2. The number of likely N-dealkylation sites (tertiary alicyclic amines) is 1. The second kappa shape index (κ2) is 7.53. The van der Waals surface area contributed by atoms with E-state index in [0.29, 0.717) is 18.8 Å². The second-order valence-corrected chi connectivity index (χ2v) is 6.24. The summed E-state index contributed by atoms with van der Waals surface area (Å²) in [5.74, 6) is -1.10. The number of ether oxygens (including phenoxy) is 1. The van der Waals surface area contributed by atoms with Gasteiger partial charge in [0.15, 0.2) is 0 Å². The van der Waals surface area contributed by atoms with Gasteiger partial charge in [-0.15, -0.1) is 0 Å². The van der Waals surface area contributed by atoms with Crippen molar-refractivity contribution in [2.24, 2.45) is 7.05 Å². The van der Waals surface area contributed by atoms with Crippen LogP contribution in [-0.2, 0) is 28.0 Å². The Morgan fingerprint density at radius 2 is 2.04 bits per heavy atom. The van der Waals surface area contributed by atoms with Gasteiger partial charge in [-0.2, -0.15) is 0 Å². The van der Waals surface area contributed by atoms with Crippen molar-refractivity contribution in [1.29, 1.82) is 0 Å². The van der Waals surface area contributed by atoms with Crippen molar-refractivity contribution in [2.45, 2.75) is 25.5 Å². The molecule has 1 atom stereocenters. The van der Waals surface area contributed by atoms with Crippen molar-refractivity contribution >= 4 is 17.5 Å². The number of hydrogen-bond donors (Lipinski definition) is 1. The molecule has 1 saturated heterocycles. The number of anilines is 1. The van der Waals surface area contributed by atoms with E-state index in [-0.39, 0.29) is 6.04 Å². The molecule has 1 aliphatic rings. The molecule has 2 amide bonds. The van der Waals surface area contributed by atoms with Gasteiger partial charge in [0.05, 0.1) is 12.6 Å². The Bertz CT molecular complexity index is 769. The highest BCUT2D eigenvalue weighted by atomic mass is 16.5. The van der Waals surface area contributed by atoms with Gasteiger partial charge in [0.2, 0.25) is 0 Å². The first-order chi connectivity index (χ1) is 12.1. The summed E-state index contributed by atoms with van der Waals surface area (Å²) in [6.45, 7) is 0.974. The Balaban J connectivity index is 1.74. The van der Waals surface area contributed by atoms with E-state index in [1.54, 1.807) is 18.1 Å². The van der Waals surface area contributed by atoms with Crippen molar-refractivity contribution in [3.8, 4) is 0 Å². The molecule has 0 saturated carbocycles. The highest BCUT2D eigenvalue weighted by Gasteiger charge is 2.34. The van der Waals surface area contributed by atoms with E-state index in [1.807, 2.05) is 48.1 Å². The van der Waals surface area contributed by atoms with Crippen LogP contribution >= 0.6 is 0 Å². The lowest BCUT2D eigenvalue weighted by Gasteiger charge is -2.25. The van der Waals surface area contributed by atoms with E-state index in [2.05, 4.69) is 5.32 Å². The first-order valence-corrected chi connectivity index (χ1v) is 8.42. The number of carbonyl (C=O) groups excluding carboxylic acids is 2. The third kappa shape index (κ3) is 3.58. The van der Waals surface area contributed by atoms with E-state index in [0.717, 1.165) is 24.1 Å². The Morgan fingerprint density at radius 3 is 2.76 bits per heavy atom. The van der Waals surface area contributed by atoms with Crippen LogP contribution in [0.5, 0.6) is 0 Å². The van der Waals surface area contributed by atoms with Gasteiger partial charge in [0.1, 0.15) is 0 Å². The van der Waals surface area contributed by atoms with Crippen LogP contribution in [0.25, 0.3) is 0 Å². The van der Waals surface area contributed by atoms with E-state index in [1.165, 1.54) is 0 Å². The number of aryl methyl sites for hydroxylation is 1. The van der Waals surface area contributed by atoms with Crippen LogP contribution in [0.15, 0.2) is 42.6 Å². The summed E-state index contributed by atoms with van der Waals surface area (Å²) in [4.78, 5) is 26.9. The second-order valence-electron chi connectivity index (χ2n) is 6.24. The lowest BCUT2D eigenvalue weighted by atomic mass is 10.1. The standard InChI is InChI=1S/C19H23N3O3/c1-21-11-5-9-16(21)17-10-6-12-22(17)19(24)18(23)20-15-8-4-3-7-14(15)13-25-2/h3-5,7-9,11,17H,6,10,12-13H2,1-2H3,(H,20,23)/t17-/m0/s1. The number of aromatic nitrogens is 1. The molecule has 2 heterocycles. The van der Waals surface area contributed by atoms with E-state index < -0.39 is 11.8 Å². The van der Waals surface area contributed by atoms with Crippen LogP contribution in [0, 0.1) is 0 Å². The van der Waals surface area contributed by atoms with Crippen molar-refractivity contribution in [3.05, 3.63) is 53.9 Å². The van der Waals surface area contributed by atoms with Gasteiger partial charge in [-0.05, 0) is 31.0 Å². The third-order valence-corrected chi connectivity index (χ3v) is 4.60. The molecule has 1 fully saturated rings. The van der Waals surface area contributed by atoms with E-state index >= 15 is 0 Å². The number of benzene rings is 1. The Kier molecular flexibility index (Phi) is 5.19. The van der Waals surface area contributed by atoms with Crippen molar-refractivity contribution in [1.82, 2.24) is 9.47 Å². The van der Waals surface area contributed by atoms with Crippen molar-refractivity contribution in [2.75, 3.05) is 19.0 Å². The highest BCUT2D eigenvalue weighted by molar-refractivity contribution is 6.39. The number of amides is 2. The topological polar surface area (TPSA) is 63.6 Å². The summed E-state index contributed by atoms with van der Waals surface area (Å²) < 4.78 is 7.14. The van der Waals surface area contributed by atoms with Gasteiger partial charge in [-0.25, -0.2) is 0 Å². The van der Waals surface area contributed by atoms with E-state index in [4.69, 9.17) is 4.74 Å². The highest BCUT2D eigenvalue weighted by Crippen LogP contribution is 2.32. The smallest absolute Gasteiger partial charge is 0.313 e. The molecule has 132 valence electrons. The molecule has 1 aliphatic heterocycles. The number of rotatable bonds is 4. The molecular weight excluding hydrogens is 318 g/mol. The number of carbonyl (C=O) groups is 2. The van der Waals surface area contributed by atoms with Crippen LogP contribution in [0.2, 0.25) is 0 Å². The van der Waals surface area contributed by atoms with Crippen LogP contribution in [-0.4, -0.2) is 34.9 Å². The molecule has 1 aromatic carbocycles. The van der Waals surface area contributed by atoms with Crippen molar-refractivity contribution < 1.29 is 14.3 Å². The van der Waals surface area contributed by atoms with Gasteiger partial charge in [-0.1, -0.05) is 18.2 Å². The normalized spacial score (nSPS) is 16.9. The first-order valence-electron chi connectivity index (χ1n) is 8.42. The third-order valence-electron chi connectivity index (χ3n) is 4.60. The Morgan fingerprint density at radius 1 is 1.24 bits per heavy atom. The van der Waals surface area contributed by atoms with Gasteiger partial charge >= 0.3 is 11.8 Å². The summed E-state index contributed by atoms with van der Waals surface area (Å²) in [6.07, 6.45) is 3.73. The van der Waals surface area contributed by atoms with Gasteiger partial charge in [-0.3, -0.25) is 9.59 Å².